The number of carbonyl (C=O) groups is 1. The molecular formula is C20H29ClN8O. The SMILES string of the molecule is CC(=O)N[C@H]1CCN(c2nc(NC(C)(C)C)nc(NCc3ncccc3Cl)c2N)C1. The number of nitrogens with zero attached hydrogens (tertiary/aromatic N) is 4. The van der Waals surface area contributed by atoms with Crippen molar-refractivity contribution < 1.29 is 4.79 Å². The van der Waals surface area contributed by atoms with Crippen LogP contribution in [0.2, 0.25) is 5.02 Å². The van der Waals surface area contributed by atoms with Crippen LogP contribution in [0.15, 0.2) is 18.3 Å². The summed E-state index contributed by atoms with van der Waals surface area (Å²) in [4.78, 5) is 27.0. The van der Waals surface area contributed by atoms with E-state index in [1.54, 1.807) is 18.3 Å². The Hall–Kier alpha value is -2.81. The molecule has 1 saturated heterocycles. The van der Waals surface area contributed by atoms with Gasteiger partial charge in [0.2, 0.25) is 11.9 Å². The zero-order valence-electron chi connectivity index (χ0n) is 17.8. The van der Waals surface area contributed by atoms with Gasteiger partial charge in [0.05, 0.1) is 17.3 Å². The summed E-state index contributed by atoms with van der Waals surface area (Å²) in [6.07, 6.45) is 2.52. The molecule has 0 aromatic carbocycles. The van der Waals surface area contributed by atoms with Crippen molar-refractivity contribution in [2.75, 3.05) is 34.4 Å². The normalized spacial score (nSPS) is 16.4. The highest BCUT2D eigenvalue weighted by Gasteiger charge is 2.27. The molecule has 1 aliphatic rings. The van der Waals surface area contributed by atoms with E-state index in [0.29, 0.717) is 47.1 Å². The molecule has 0 radical (unpaired) electrons. The third-order valence-corrected chi connectivity index (χ3v) is 4.91. The number of nitrogen functional groups attached to an aromatic ring is 1. The molecule has 0 spiro atoms. The first-order chi connectivity index (χ1) is 14.1. The van der Waals surface area contributed by atoms with Crippen molar-refractivity contribution in [3.05, 3.63) is 29.0 Å². The third-order valence-electron chi connectivity index (χ3n) is 4.57. The van der Waals surface area contributed by atoms with Gasteiger partial charge in [-0.05, 0) is 39.3 Å². The first-order valence-electron chi connectivity index (χ1n) is 9.93. The van der Waals surface area contributed by atoms with Gasteiger partial charge in [-0.25, -0.2) is 0 Å². The monoisotopic (exact) mass is 432 g/mol. The molecule has 0 unspecified atom stereocenters. The smallest absolute Gasteiger partial charge is 0.227 e. The molecule has 162 valence electrons. The van der Waals surface area contributed by atoms with Crippen molar-refractivity contribution in [3.63, 3.8) is 0 Å². The van der Waals surface area contributed by atoms with Crippen molar-refractivity contribution in [3.8, 4) is 0 Å². The van der Waals surface area contributed by atoms with E-state index in [1.165, 1.54) is 6.92 Å². The van der Waals surface area contributed by atoms with Crippen molar-refractivity contribution in [1.29, 1.82) is 0 Å². The minimum Gasteiger partial charge on any atom is -0.393 e. The molecule has 3 rings (SSSR count). The predicted octanol–water partition coefficient (Wildman–Crippen LogP) is 2.64. The van der Waals surface area contributed by atoms with Crippen LogP contribution in [0.4, 0.5) is 23.3 Å². The average molecular weight is 433 g/mol. The molecule has 0 bridgehead atoms. The Morgan fingerprint density at radius 3 is 2.80 bits per heavy atom. The summed E-state index contributed by atoms with van der Waals surface area (Å²) in [7, 11) is 0. The quantitative estimate of drug-likeness (QED) is 0.549. The van der Waals surface area contributed by atoms with Crippen LogP contribution < -0.4 is 26.6 Å². The van der Waals surface area contributed by atoms with E-state index in [9.17, 15) is 4.79 Å². The highest BCUT2D eigenvalue weighted by molar-refractivity contribution is 6.31. The van der Waals surface area contributed by atoms with Gasteiger partial charge in [0.15, 0.2) is 11.6 Å². The standard InChI is InChI=1S/C20H29ClN8O/c1-12(30)25-13-7-9-29(11-13)18-16(22)17(26-19(27-18)28-20(2,3)4)24-10-15-14(21)6-5-8-23-15/h5-6,8,13H,7,9-11,22H2,1-4H3,(H,25,30)(H2,24,26,27,28)/t13-/m0/s1. The number of hydrogen-bond acceptors (Lipinski definition) is 8. The number of pyridine rings is 1. The lowest BCUT2D eigenvalue weighted by Crippen LogP contribution is -2.36. The number of aromatic nitrogens is 3. The number of amides is 1. The van der Waals surface area contributed by atoms with Crippen LogP contribution in [0.25, 0.3) is 0 Å². The number of rotatable bonds is 6. The van der Waals surface area contributed by atoms with Crippen LogP contribution in [0.5, 0.6) is 0 Å². The van der Waals surface area contributed by atoms with Crippen LogP contribution in [0, 0.1) is 0 Å². The molecule has 10 heteroatoms. The van der Waals surface area contributed by atoms with Gasteiger partial charge in [0, 0.05) is 37.8 Å². The average Bonchev–Trinajstić information content (AvgIpc) is 3.09. The number of anilines is 4. The van der Waals surface area contributed by atoms with Crippen LogP contribution in [-0.4, -0.2) is 45.5 Å². The van der Waals surface area contributed by atoms with E-state index in [1.807, 2.05) is 20.8 Å². The topological polar surface area (TPSA) is 121 Å². The number of nitrogens with two attached hydrogens (primary N) is 1. The van der Waals surface area contributed by atoms with Gasteiger partial charge in [-0.2, -0.15) is 9.97 Å². The predicted molar refractivity (Wildman–Crippen MR) is 121 cm³/mol. The van der Waals surface area contributed by atoms with E-state index in [4.69, 9.17) is 17.3 Å². The molecule has 1 fully saturated rings. The molecule has 1 aliphatic heterocycles. The Labute approximate surface area is 181 Å². The second-order valence-electron chi connectivity index (χ2n) is 8.43. The molecule has 2 aromatic rings. The summed E-state index contributed by atoms with van der Waals surface area (Å²) in [5.41, 5.74) is 7.38. The Morgan fingerprint density at radius 1 is 1.37 bits per heavy atom. The number of carbonyl (C=O) groups excluding carboxylic acids is 1. The molecule has 1 amide bonds. The maximum absolute atomic E-state index is 11.4. The zero-order chi connectivity index (χ0) is 21.9. The molecule has 2 aromatic heterocycles. The highest BCUT2D eigenvalue weighted by Crippen LogP contribution is 2.32. The van der Waals surface area contributed by atoms with E-state index in [-0.39, 0.29) is 17.5 Å². The Kier molecular flexibility index (Phi) is 6.50. The van der Waals surface area contributed by atoms with Gasteiger partial charge in [-0.15, -0.1) is 0 Å². The molecule has 1 atom stereocenters. The number of nitrogens with one attached hydrogen (secondary N) is 3. The largest absolute Gasteiger partial charge is 0.393 e. The molecule has 0 aliphatic carbocycles. The zero-order valence-corrected chi connectivity index (χ0v) is 18.5. The lowest BCUT2D eigenvalue weighted by atomic mass is 10.1. The first-order valence-corrected chi connectivity index (χ1v) is 10.3. The van der Waals surface area contributed by atoms with Gasteiger partial charge in [-0.3, -0.25) is 9.78 Å². The van der Waals surface area contributed by atoms with Gasteiger partial charge in [-0.1, -0.05) is 11.6 Å². The van der Waals surface area contributed by atoms with E-state index < -0.39 is 0 Å². The second kappa shape index (κ2) is 8.91. The highest BCUT2D eigenvalue weighted by atomic mass is 35.5. The number of hydrogen-bond donors (Lipinski definition) is 4. The minimum absolute atomic E-state index is 0.0396. The lowest BCUT2D eigenvalue weighted by Gasteiger charge is -2.25. The maximum atomic E-state index is 11.4. The summed E-state index contributed by atoms with van der Waals surface area (Å²) in [6, 6.07) is 3.65. The molecule has 0 saturated carbocycles. The second-order valence-corrected chi connectivity index (χ2v) is 8.83. The van der Waals surface area contributed by atoms with Gasteiger partial charge in [0.25, 0.3) is 0 Å². The number of halogens is 1. The molecule has 9 nitrogen and oxygen atoms in total. The summed E-state index contributed by atoms with van der Waals surface area (Å²) < 4.78 is 0. The fraction of sp³-hybridized carbons (Fsp3) is 0.500. The Bertz CT molecular complexity index is 914. The molecular weight excluding hydrogens is 404 g/mol. The minimum atomic E-state index is -0.224. The van der Waals surface area contributed by atoms with Crippen LogP contribution in [0.3, 0.4) is 0 Å². The van der Waals surface area contributed by atoms with Gasteiger partial charge < -0.3 is 26.6 Å². The van der Waals surface area contributed by atoms with E-state index >= 15 is 0 Å². The van der Waals surface area contributed by atoms with Crippen molar-refractivity contribution in [2.24, 2.45) is 0 Å². The van der Waals surface area contributed by atoms with Crippen LogP contribution in [-0.2, 0) is 11.3 Å². The Balaban J connectivity index is 1.88. The van der Waals surface area contributed by atoms with Crippen molar-refractivity contribution >= 4 is 40.8 Å². The summed E-state index contributed by atoms with van der Waals surface area (Å²) in [6.45, 7) is 9.40. The van der Waals surface area contributed by atoms with Gasteiger partial charge in [0.1, 0.15) is 5.69 Å². The molecule has 30 heavy (non-hydrogen) atoms. The maximum Gasteiger partial charge on any atom is 0.227 e. The fourth-order valence-corrected chi connectivity index (χ4v) is 3.49. The lowest BCUT2D eigenvalue weighted by molar-refractivity contribution is -0.119. The summed E-state index contributed by atoms with van der Waals surface area (Å²) >= 11 is 6.22. The fourth-order valence-electron chi connectivity index (χ4n) is 3.30. The third kappa shape index (κ3) is 5.63. The van der Waals surface area contributed by atoms with E-state index in [0.717, 1.165) is 13.0 Å². The van der Waals surface area contributed by atoms with Crippen molar-refractivity contribution in [2.45, 2.75) is 52.2 Å². The van der Waals surface area contributed by atoms with Crippen molar-refractivity contribution in [1.82, 2.24) is 20.3 Å². The summed E-state index contributed by atoms with van der Waals surface area (Å²) in [5.74, 6) is 1.59. The first kappa shape index (κ1) is 21.9. The summed E-state index contributed by atoms with van der Waals surface area (Å²) in [5, 5.41) is 10.1. The van der Waals surface area contributed by atoms with Gasteiger partial charge >= 0.3 is 0 Å². The Morgan fingerprint density at radius 2 is 2.13 bits per heavy atom. The van der Waals surface area contributed by atoms with Crippen LogP contribution in [0.1, 0.15) is 39.8 Å². The molecule has 3 heterocycles. The van der Waals surface area contributed by atoms with Crippen LogP contribution >= 0.6 is 11.6 Å². The molecule has 5 N–H and O–H groups in total. The van der Waals surface area contributed by atoms with E-state index in [2.05, 4.69) is 35.8 Å².